The summed E-state index contributed by atoms with van der Waals surface area (Å²) < 4.78 is 5.06. The van der Waals surface area contributed by atoms with E-state index in [9.17, 15) is 5.11 Å². The predicted octanol–water partition coefficient (Wildman–Crippen LogP) is 2.13. The van der Waals surface area contributed by atoms with E-state index in [4.69, 9.17) is 4.74 Å². The minimum Gasteiger partial charge on any atom is -0.504 e. The number of aromatic nitrogens is 3. The molecule has 3 aromatic rings. The second-order valence-electron chi connectivity index (χ2n) is 3.83. The number of hydrogen-bond donors (Lipinski definition) is 1. The highest BCUT2D eigenvalue weighted by Crippen LogP contribution is 2.27. The van der Waals surface area contributed by atoms with Gasteiger partial charge in [-0.15, -0.1) is 10.2 Å². The Morgan fingerprint density at radius 3 is 2.33 bits per heavy atom. The van der Waals surface area contributed by atoms with Crippen molar-refractivity contribution in [3.8, 4) is 17.2 Å². The van der Waals surface area contributed by atoms with Crippen molar-refractivity contribution in [2.45, 2.75) is 0 Å². The number of phenols is 1. The van der Waals surface area contributed by atoms with E-state index in [2.05, 4.69) is 10.2 Å². The van der Waals surface area contributed by atoms with Crippen LogP contribution in [0.2, 0.25) is 0 Å². The van der Waals surface area contributed by atoms with Crippen molar-refractivity contribution in [3.05, 3.63) is 42.5 Å². The zero-order chi connectivity index (χ0) is 12.5. The summed E-state index contributed by atoms with van der Waals surface area (Å²) in [6.07, 6.45) is 0. The number of benzene rings is 2. The maximum absolute atomic E-state index is 9.55. The maximum Gasteiger partial charge on any atom is 0.162 e. The van der Waals surface area contributed by atoms with Crippen LogP contribution in [0, 0.1) is 0 Å². The van der Waals surface area contributed by atoms with Crippen LogP contribution in [0.5, 0.6) is 11.5 Å². The zero-order valence-corrected chi connectivity index (χ0v) is 9.74. The Morgan fingerprint density at radius 1 is 1.06 bits per heavy atom. The molecule has 0 atom stereocenters. The molecule has 2 aromatic carbocycles. The molecular formula is C13H11N3O2. The summed E-state index contributed by atoms with van der Waals surface area (Å²) in [5.41, 5.74) is 2.38. The van der Waals surface area contributed by atoms with Crippen LogP contribution in [-0.4, -0.2) is 27.2 Å². The molecule has 0 aliphatic carbocycles. The topological polar surface area (TPSA) is 60.2 Å². The highest BCUT2D eigenvalue weighted by atomic mass is 16.5. The van der Waals surface area contributed by atoms with Crippen molar-refractivity contribution in [2.75, 3.05) is 7.11 Å². The largest absolute Gasteiger partial charge is 0.504 e. The smallest absolute Gasteiger partial charge is 0.162 e. The molecule has 5 heteroatoms. The molecule has 1 aromatic heterocycles. The van der Waals surface area contributed by atoms with Gasteiger partial charge in [0.1, 0.15) is 11.0 Å². The molecule has 90 valence electrons. The van der Waals surface area contributed by atoms with E-state index in [0.717, 1.165) is 16.7 Å². The molecule has 0 bridgehead atoms. The van der Waals surface area contributed by atoms with E-state index in [1.54, 1.807) is 18.2 Å². The summed E-state index contributed by atoms with van der Waals surface area (Å²) in [5.74, 6) is 0.492. The molecule has 0 radical (unpaired) electrons. The quantitative estimate of drug-likeness (QED) is 0.746. The van der Waals surface area contributed by atoms with Crippen LogP contribution in [0.1, 0.15) is 0 Å². The number of methoxy groups -OCH3 is 1. The lowest BCUT2D eigenvalue weighted by atomic mass is 10.3. The summed E-state index contributed by atoms with van der Waals surface area (Å²) in [6, 6.07) is 12.6. The molecule has 1 heterocycles. The SMILES string of the molecule is COc1cc(-n2nc3ccccc3n2)ccc1O. The van der Waals surface area contributed by atoms with Gasteiger partial charge in [0.15, 0.2) is 11.5 Å². The van der Waals surface area contributed by atoms with Gasteiger partial charge in [-0.1, -0.05) is 12.1 Å². The molecule has 3 rings (SSSR count). The first-order chi connectivity index (χ1) is 8.78. The second kappa shape index (κ2) is 4.03. The molecule has 5 nitrogen and oxygen atoms in total. The van der Waals surface area contributed by atoms with Crippen molar-refractivity contribution in [1.29, 1.82) is 0 Å². The lowest BCUT2D eigenvalue weighted by Gasteiger charge is -2.05. The van der Waals surface area contributed by atoms with Crippen LogP contribution in [0.3, 0.4) is 0 Å². The summed E-state index contributed by atoms with van der Waals surface area (Å²) >= 11 is 0. The minimum absolute atomic E-state index is 0.0953. The Balaban J connectivity index is 2.13. The molecule has 0 saturated heterocycles. The van der Waals surface area contributed by atoms with Crippen molar-refractivity contribution in [2.24, 2.45) is 0 Å². The molecule has 1 N–H and O–H groups in total. The van der Waals surface area contributed by atoms with Gasteiger partial charge in [-0.3, -0.25) is 0 Å². The Hall–Kier alpha value is -2.56. The number of aromatic hydroxyl groups is 1. The first-order valence-corrected chi connectivity index (χ1v) is 5.47. The van der Waals surface area contributed by atoms with Gasteiger partial charge in [-0.05, 0) is 24.3 Å². The highest BCUT2D eigenvalue weighted by Gasteiger charge is 2.07. The molecule has 0 saturated carbocycles. The minimum atomic E-state index is 0.0953. The lowest BCUT2D eigenvalue weighted by molar-refractivity contribution is 0.373. The molecule has 0 fully saturated rings. The Kier molecular flexibility index (Phi) is 2.37. The summed E-state index contributed by atoms with van der Waals surface area (Å²) in [6.45, 7) is 0. The third-order valence-corrected chi connectivity index (χ3v) is 2.68. The molecule has 0 amide bonds. The second-order valence-corrected chi connectivity index (χ2v) is 3.83. The first-order valence-electron chi connectivity index (χ1n) is 5.47. The van der Waals surface area contributed by atoms with Crippen LogP contribution in [-0.2, 0) is 0 Å². The number of fused-ring (bicyclic) bond motifs is 1. The zero-order valence-electron chi connectivity index (χ0n) is 9.74. The van der Waals surface area contributed by atoms with E-state index in [1.807, 2.05) is 24.3 Å². The molecule has 0 aliphatic heterocycles. The average Bonchev–Trinajstić information content (AvgIpc) is 2.83. The van der Waals surface area contributed by atoms with Crippen molar-refractivity contribution < 1.29 is 9.84 Å². The van der Waals surface area contributed by atoms with E-state index < -0.39 is 0 Å². The summed E-state index contributed by atoms with van der Waals surface area (Å²) in [4.78, 5) is 1.52. The fourth-order valence-corrected chi connectivity index (χ4v) is 1.77. The van der Waals surface area contributed by atoms with Gasteiger partial charge in [-0.25, -0.2) is 0 Å². The van der Waals surface area contributed by atoms with Gasteiger partial charge in [0.2, 0.25) is 0 Å². The van der Waals surface area contributed by atoms with Gasteiger partial charge >= 0.3 is 0 Å². The number of phenolic OH excluding ortho intramolecular Hbond substituents is 1. The van der Waals surface area contributed by atoms with Crippen LogP contribution in [0.4, 0.5) is 0 Å². The van der Waals surface area contributed by atoms with Crippen molar-refractivity contribution in [1.82, 2.24) is 15.0 Å². The van der Waals surface area contributed by atoms with E-state index >= 15 is 0 Å². The van der Waals surface area contributed by atoms with Crippen molar-refractivity contribution >= 4 is 11.0 Å². The van der Waals surface area contributed by atoms with Gasteiger partial charge in [0.25, 0.3) is 0 Å². The monoisotopic (exact) mass is 241 g/mol. The van der Waals surface area contributed by atoms with Crippen LogP contribution >= 0.6 is 0 Å². The van der Waals surface area contributed by atoms with Crippen LogP contribution in [0.25, 0.3) is 16.7 Å². The number of hydrogen-bond acceptors (Lipinski definition) is 4. The van der Waals surface area contributed by atoms with Gasteiger partial charge in [0.05, 0.1) is 12.8 Å². The Labute approximate surface area is 103 Å². The van der Waals surface area contributed by atoms with Gasteiger partial charge in [0, 0.05) is 6.07 Å². The predicted molar refractivity (Wildman–Crippen MR) is 67.1 cm³/mol. The molecular weight excluding hydrogens is 230 g/mol. The molecule has 0 unspecified atom stereocenters. The third kappa shape index (κ3) is 1.66. The highest BCUT2D eigenvalue weighted by molar-refractivity contribution is 5.73. The standard InChI is InChI=1S/C13H11N3O2/c1-18-13-8-9(6-7-12(13)17)16-14-10-4-2-3-5-11(10)15-16/h2-8,17H,1H3. The summed E-state index contributed by atoms with van der Waals surface area (Å²) in [7, 11) is 1.51. The summed E-state index contributed by atoms with van der Waals surface area (Å²) in [5, 5.41) is 18.3. The molecule has 18 heavy (non-hydrogen) atoms. The number of rotatable bonds is 2. The third-order valence-electron chi connectivity index (χ3n) is 2.68. The average molecular weight is 241 g/mol. The number of ether oxygens (including phenoxy) is 1. The fourth-order valence-electron chi connectivity index (χ4n) is 1.77. The number of nitrogens with zero attached hydrogens (tertiary/aromatic N) is 3. The van der Waals surface area contributed by atoms with Crippen LogP contribution < -0.4 is 4.74 Å². The van der Waals surface area contributed by atoms with E-state index in [-0.39, 0.29) is 5.75 Å². The van der Waals surface area contributed by atoms with E-state index in [1.165, 1.54) is 11.9 Å². The van der Waals surface area contributed by atoms with E-state index in [0.29, 0.717) is 5.75 Å². The van der Waals surface area contributed by atoms with Crippen molar-refractivity contribution in [3.63, 3.8) is 0 Å². The normalized spacial score (nSPS) is 10.7. The lowest BCUT2D eigenvalue weighted by Crippen LogP contribution is -1.98. The fraction of sp³-hybridized carbons (Fsp3) is 0.0769. The van der Waals surface area contributed by atoms with Crippen LogP contribution in [0.15, 0.2) is 42.5 Å². The first kappa shape index (κ1) is 10.6. The Bertz CT molecular complexity index is 673. The Morgan fingerprint density at radius 2 is 1.72 bits per heavy atom. The molecule has 0 spiro atoms. The molecule has 0 aliphatic rings. The van der Waals surface area contributed by atoms with Gasteiger partial charge < -0.3 is 9.84 Å². The van der Waals surface area contributed by atoms with Gasteiger partial charge in [-0.2, -0.15) is 4.80 Å². The maximum atomic E-state index is 9.55.